The van der Waals surface area contributed by atoms with Crippen molar-refractivity contribution in [2.75, 3.05) is 0 Å². The molecule has 0 unspecified atom stereocenters. The topological polar surface area (TPSA) is 173 Å². The summed E-state index contributed by atoms with van der Waals surface area (Å²) in [7, 11) is -9.39. The molecule has 0 aromatic carbocycles. The maximum atomic E-state index is 8.74. The van der Waals surface area contributed by atoms with Gasteiger partial charge in [-0.15, -0.1) is 0 Å². The Labute approximate surface area is 170 Å². The van der Waals surface area contributed by atoms with Crippen molar-refractivity contribution in [2.24, 2.45) is 0 Å². The zero-order chi connectivity index (χ0) is 10.7. The molecule has 0 atom stereocenters. The Balaban J connectivity index is -0.0000000184. The molecule has 0 aliphatic heterocycles. The van der Waals surface area contributed by atoms with E-state index < -0.39 is 27.5 Å². The van der Waals surface area contributed by atoms with Crippen molar-refractivity contribution >= 4 is 27.5 Å². The molecule has 0 rings (SSSR count). The molecular weight excluding hydrogens is 565 g/mol. The van der Waals surface area contributed by atoms with Crippen LogP contribution in [0.4, 0.5) is 0 Å². The molecule has 3 radical (unpaired) electrons. The van der Waals surface area contributed by atoms with E-state index >= 15 is 0 Å². The molecule has 0 aromatic rings. The summed E-state index contributed by atoms with van der Waals surface area (Å²) in [5.41, 5.74) is 0. The molecule has 0 amide bonds. The van der Waals surface area contributed by atoms with Crippen LogP contribution in [-0.2, 0) is 78.8 Å². The Morgan fingerprint density at radius 3 is 0.533 bits per heavy atom. The number of hydrogen-bond donors (Lipinski definition) is 6. The van der Waals surface area contributed by atoms with Crippen molar-refractivity contribution < 1.29 is 146 Å². The van der Waals surface area contributed by atoms with Crippen LogP contribution in [0.25, 0.3) is 0 Å². The van der Waals surface area contributed by atoms with Gasteiger partial charge in [-0.25, -0.2) is 0 Å². The van der Waals surface area contributed by atoms with Crippen LogP contribution in [0.15, 0.2) is 0 Å². The van der Waals surface area contributed by atoms with Gasteiger partial charge in [-0.2, -0.15) is 0 Å². The minimum Gasteiger partial charge on any atom is -0.511 e. The van der Waals surface area contributed by atoms with Crippen LogP contribution < -0.4 is 0 Å². The average molecular weight is 571 g/mol. The van der Waals surface area contributed by atoms with Gasteiger partial charge in [0.05, 0.1) is 0 Å². The summed E-state index contributed by atoms with van der Waals surface area (Å²) < 4.78 is 26.2. The van der Waals surface area contributed by atoms with Crippen LogP contribution in [-0.4, -0.2) is 56.3 Å². The maximum absolute atomic E-state index is 8.74. The fraction of sp³-hybridized carbons (Fsp3) is 0. The van der Waals surface area contributed by atoms with Crippen LogP contribution in [0, 0.1) is 38.6 Å². The molecule has 0 spiro atoms. The summed E-state index contributed by atoms with van der Waals surface area (Å²) in [6.45, 7) is 0. The second-order valence-corrected chi connectivity index (χ2v) is 2.54. The average Bonchev–Trinajstić information content (AvgIpc) is 1.54. The summed E-state index contributed by atoms with van der Waals surface area (Å²) >= 11 is 0. The number of rotatable bonds is 0. The minimum absolute atomic E-state index is 0. The van der Waals surface area contributed by atoms with Gasteiger partial charge in [-0.05, 0) is 0 Å². The van der Waals surface area contributed by atoms with Gasteiger partial charge in [-0.1, -0.05) is 0 Å². The molecule has 0 heterocycles. The second kappa shape index (κ2) is 29.9. The molecule has 0 aromatic heterocycles. The zero-order valence-corrected chi connectivity index (χ0v) is 17.7. The first-order chi connectivity index (χ1) is 5.20. The van der Waals surface area contributed by atoms with E-state index in [1.54, 1.807) is 0 Å². The van der Waals surface area contributed by atoms with Crippen LogP contribution in [0.2, 0.25) is 0 Å². The summed E-state index contributed by atoms with van der Waals surface area (Å²) in [6.07, 6.45) is 0. The molecule has 0 fully saturated rings. The molecule has 15 heteroatoms. The molecule has 87 valence electrons. The van der Waals surface area contributed by atoms with E-state index in [1.807, 2.05) is 0 Å². The van der Waals surface area contributed by atoms with Gasteiger partial charge >= 0.3 is 27.5 Å². The first kappa shape index (κ1) is 36.0. The minimum atomic E-state index is -3.13. The van der Waals surface area contributed by atoms with E-state index in [-0.39, 0.29) is 104 Å². The van der Waals surface area contributed by atoms with E-state index in [1.165, 1.54) is 0 Å². The van der Waals surface area contributed by atoms with Crippen molar-refractivity contribution in [1.29, 1.82) is 0 Å². The standard InChI is InChI=1S/3H2O3Si.Tb.2Y/c3*1-4(2)3;;;/h3*1-2H;;;. The van der Waals surface area contributed by atoms with E-state index in [0.29, 0.717) is 0 Å². The Morgan fingerprint density at radius 1 is 0.533 bits per heavy atom. The van der Waals surface area contributed by atoms with Crippen molar-refractivity contribution in [3.8, 4) is 0 Å². The molecule has 0 aliphatic carbocycles. The third-order valence-corrected chi connectivity index (χ3v) is 0. The largest absolute Gasteiger partial charge is 0.761 e. The normalized spacial score (nSPS) is 4.80. The van der Waals surface area contributed by atoms with Crippen LogP contribution >= 0.6 is 0 Å². The van der Waals surface area contributed by atoms with Gasteiger partial charge in [0, 0.05) is 104 Å². The van der Waals surface area contributed by atoms with Gasteiger partial charge in [0.1, 0.15) is 0 Å². The van der Waals surface area contributed by atoms with E-state index in [0.717, 1.165) is 0 Å². The molecule has 15 heavy (non-hydrogen) atoms. The Morgan fingerprint density at radius 2 is 0.533 bits per heavy atom. The maximum Gasteiger partial charge on any atom is 0.761 e. The van der Waals surface area contributed by atoms with Crippen LogP contribution in [0.3, 0.4) is 0 Å². The van der Waals surface area contributed by atoms with Crippen molar-refractivity contribution in [3.63, 3.8) is 0 Å². The van der Waals surface area contributed by atoms with Gasteiger partial charge in [-0.3, -0.25) is 13.4 Å². The van der Waals surface area contributed by atoms with Crippen LogP contribution in [0.5, 0.6) is 0 Å². The molecule has 9 nitrogen and oxygen atoms in total. The monoisotopic (exact) mass is 571 g/mol. The van der Waals surface area contributed by atoms with Gasteiger partial charge in [0.25, 0.3) is 0 Å². The zero-order valence-electron chi connectivity index (χ0n) is 6.90. The molecule has 0 bridgehead atoms. The third-order valence-electron chi connectivity index (χ3n) is 0. The van der Waals surface area contributed by atoms with Crippen molar-refractivity contribution in [1.82, 2.24) is 0 Å². The summed E-state index contributed by atoms with van der Waals surface area (Å²) in [6, 6.07) is 0. The first-order valence-electron chi connectivity index (χ1n) is 1.95. The Bertz CT molecular complexity index is 121. The summed E-state index contributed by atoms with van der Waals surface area (Å²) in [5, 5.41) is 0. The summed E-state index contributed by atoms with van der Waals surface area (Å²) in [4.78, 5) is 42.9. The Kier molecular flexibility index (Phi) is 71.8. The first-order valence-corrected chi connectivity index (χ1v) is 5.86. The predicted molar refractivity (Wildman–Crippen MR) is 32.6 cm³/mol. The molecule has 0 saturated carbocycles. The molecule has 0 aliphatic rings. The fourth-order valence-electron chi connectivity index (χ4n) is 0. The van der Waals surface area contributed by atoms with E-state index in [4.69, 9.17) is 42.2 Å². The molecular formula is H6O9Si3TbY2. The number of hydrogen-bond acceptors (Lipinski definition) is 3. The van der Waals surface area contributed by atoms with E-state index in [9.17, 15) is 0 Å². The van der Waals surface area contributed by atoms with Gasteiger partial charge < -0.3 is 28.8 Å². The Hall–Kier alpha value is 2.34. The SMILES string of the molecule is O=[Si](O)O.O=[Si](O)O.O=[Si](O)O.[Tb].[Y].[Y]. The van der Waals surface area contributed by atoms with Crippen molar-refractivity contribution in [3.05, 3.63) is 0 Å². The quantitative estimate of drug-likeness (QED) is 0.156. The van der Waals surface area contributed by atoms with Gasteiger partial charge in [0.2, 0.25) is 0 Å². The smallest absolute Gasteiger partial charge is 0.511 e. The second-order valence-electron chi connectivity index (χ2n) is 0.848. The molecule has 6 N–H and O–H groups in total. The molecule has 0 saturated heterocycles. The van der Waals surface area contributed by atoms with Gasteiger partial charge in [0.15, 0.2) is 0 Å². The summed E-state index contributed by atoms with van der Waals surface area (Å²) in [5.74, 6) is 0. The van der Waals surface area contributed by atoms with Crippen molar-refractivity contribution in [2.45, 2.75) is 0 Å². The van der Waals surface area contributed by atoms with Crippen LogP contribution in [0.1, 0.15) is 0 Å². The fourth-order valence-corrected chi connectivity index (χ4v) is 0. The predicted octanol–water partition coefficient (Wildman–Crippen LogP) is -4.85. The van der Waals surface area contributed by atoms with E-state index in [2.05, 4.69) is 0 Å². The third kappa shape index (κ3) is 612.